The van der Waals surface area contributed by atoms with Crippen molar-refractivity contribution in [1.29, 1.82) is 0 Å². The number of unbranched alkanes of at least 4 members (excludes halogenated alkanes) is 4. The fraction of sp³-hybridized carbons (Fsp3) is 0.393. The van der Waals surface area contributed by atoms with E-state index in [4.69, 9.17) is 29.1 Å². The molecule has 0 fully saturated rings. The highest BCUT2D eigenvalue weighted by molar-refractivity contribution is 5.92. The lowest BCUT2D eigenvalue weighted by molar-refractivity contribution is -0.137. The van der Waals surface area contributed by atoms with Crippen molar-refractivity contribution in [1.82, 2.24) is 55.0 Å². The van der Waals surface area contributed by atoms with E-state index in [2.05, 4.69) is 51.3 Å². The Morgan fingerprint density at radius 1 is 0.649 bits per heavy atom. The molecule has 6 N–H and O–H groups in total. The van der Waals surface area contributed by atoms with Crippen LogP contribution < -0.4 is 20.5 Å². The van der Waals surface area contributed by atoms with E-state index >= 15 is 0 Å². The van der Waals surface area contributed by atoms with Gasteiger partial charge in [-0.25, -0.2) is 19.9 Å². The van der Waals surface area contributed by atoms with E-state index in [1.165, 1.54) is 24.9 Å². The SMILES string of the molecule is CN(C)CC(=O)O.COc1cc2nc(C)ccc2cc1-c1cnc([C@@H](N)CCCCCC(=O)c2ncco2)[nH]1.COc1cc2nc(C)ccc2cc1-c1cnc([C@H](CCCCCC(=O)c2ncco2)NC(=O)CN(C)C)[nH]1. The number of aromatic nitrogens is 8. The number of fused-ring (bicyclic) bond motifs is 2. The first-order chi connectivity index (χ1) is 37.0. The molecule has 1 amide bonds. The first kappa shape index (κ1) is 58.1. The highest BCUT2D eigenvalue weighted by atomic mass is 16.5. The summed E-state index contributed by atoms with van der Waals surface area (Å²) in [4.78, 5) is 82.6. The quantitative estimate of drug-likeness (QED) is 0.0264. The fourth-order valence-electron chi connectivity index (χ4n) is 8.36. The molecule has 0 aliphatic carbocycles. The van der Waals surface area contributed by atoms with Gasteiger partial charge >= 0.3 is 5.97 Å². The molecule has 0 spiro atoms. The van der Waals surface area contributed by atoms with Gasteiger partial charge in [0.05, 0.1) is 86.6 Å². The van der Waals surface area contributed by atoms with Gasteiger partial charge < -0.3 is 49.3 Å². The summed E-state index contributed by atoms with van der Waals surface area (Å²) in [6.45, 7) is 4.32. The maximum atomic E-state index is 12.6. The van der Waals surface area contributed by atoms with Crippen LogP contribution in [-0.2, 0) is 9.59 Å². The van der Waals surface area contributed by atoms with Crippen LogP contribution in [0.15, 0.2) is 94.7 Å². The van der Waals surface area contributed by atoms with Gasteiger partial charge in [0.25, 0.3) is 11.8 Å². The van der Waals surface area contributed by atoms with Crippen LogP contribution in [-0.4, -0.2) is 134 Å². The van der Waals surface area contributed by atoms with Gasteiger partial charge in [-0.1, -0.05) is 37.8 Å². The molecule has 2 aromatic carbocycles. The molecule has 0 saturated carbocycles. The Labute approximate surface area is 447 Å². The third-order valence-corrected chi connectivity index (χ3v) is 12.2. The number of carboxylic acid groups (broad SMARTS) is 1. The molecule has 0 unspecified atom stereocenters. The molecular weight excluding hydrogens is 985 g/mol. The number of ether oxygens (including phenoxy) is 2. The Kier molecular flexibility index (Phi) is 21.6. The average molecular weight is 1060 g/mol. The van der Waals surface area contributed by atoms with E-state index in [9.17, 15) is 19.2 Å². The lowest BCUT2D eigenvalue weighted by atomic mass is 10.0. The van der Waals surface area contributed by atoms with Crippen LogP contribution in [0.2, 0.25) is 0 Å². The van der Waals surface area contributed by atoms with Gasteiger partial charge in [0.15, 0.2) is 0 Å². The van der Waals surface area contributed by atoms with Gasteiger partial charge in [0.1, 0.15) is 35.7 Å². The van der Waals surface area contributed by atoms with E-state index in [1.54, 1.807) is 45.6 Å². The summed E-state index contributed by atoms with van der Waals surface area (Å²) in [6, 6.07) is 15.5. The molecule has 77 heavy (non-hydrogen) atoms. The monoisotopic (exact) mass is 1050 g/mol. The minimum absolute atomic E-state index is 0.0651. The number of benzene rings is 2. The number of pyridine rings is 2. The lowest BCUT2D eigenvalue weighted by Crippen LogP contribution is -2.36. The molecule has 6 aromatic heterocycles. The van der Waals surface area contributed by atoms with Gasteiger partial charge in [-0.15, -0.1) is 0 Å². The zero-order valence-corrected chi connectivity index (χ0v) is 45.1. The van der Waals surface area contributed by atoms with Crippen LogP contribution in [0.3, 0.4) is 0 Å². The first-order valence-electron chi connectivity index (χ1n) is 25.4. The standard InChI is InChI=1S/C28H34N6O4.C24H27N5O3.C4H9NO2/c1-18-10-11-19-14-20(25(37-4)15-22(19)31-18)23-16-30-27(33-23)21(32-26(36)17-34(2)3)8-6-5-7-9-24(35)28-29-12-13-38-28;1-15-8-9-16-12-17(22(31-2)13-19(16)28-15)20-14-27-23(29-20)18(25)6-4-3-5-7-21(30)24-26-10-11-32-24;1-5(2)3-4(6)7/h10-16,21H,5-9,17H2,1-4H3,(H,30,33)(H,32,36);8-14,18H,3-7,25H2,1-2H3,(H,27,29);3H2,1-2H3,(H,6,7)/t21-;18-;/m00./s1. The summed E-state index contributed by atoms with van der Waals surface area (Å²) in [5, 5.41) is 13.2. The van der Waals surface area contributed by atoms with Gasteiger partial charge in [0.2, 0.25) is 17.5 Å². The number of Topliss-reactive ketones (excluding diaryl/α,β-unsaturated/α-hetero) is 2. The van der Waals surface area contributed by atoms with Crippen LogP contribution >= 0.6 is 0 Å². The van der Waals surface area contributed by atoms with E-state index in [-0.39, 0.29) is 54.4 Å². The summed E-state index contributed by atoms with van der Waals surface area (Å²) in [7, 11) is 10.4. The number of aliphatic carboxylic acids is 1. The molecule has 6 heterocycles. The number of rotatable bonds is 25. The second kappa shape index (κ2) is 28.7. The Bertz CT molecular complexity index is 3170. The predicted octanol–water partition coefficient (Wildman–Crippen LogP) is 8.88. The number of nitrogens with one attached hydrogen (secondary N) is 3. The van der Waals surface area contributed by atoms with Crippen molar-refractivity contribution < 1.29 is 42.6 Å². The van der Waals surface area contributed by atoms with Crippen LogP contribution in [0.5, 0.6) is 11.5 Å². The number of nitrogens with two attached hydrogens (primary N) is 1. The second-order valence-electron chi connectivity index (χ2n) is 19.1. The zero-order chi connectivity index (χ0) is 55.4. The summed E-state index contributed by atoms with van der Waals surface area (Å²) >= 11 is 0. The largest absolute Gasteiger partial charge is 0.496 e. The minimum atomic E-state index is -0.787. The van der Waals surface area contributed by atoms with Gasteiger partial charge in [-0.2, -0.15) is 0 Å². The smallest absolute Gasteiger partial charge is 0.317 e. The van der Waals surface area contributed by atoms with E-state index in [0.717, 1.165) is 106 Å². The lowest BCUT2D eigenvalue weighted by Gasteiger charge is -2.18. The number of ketones is 2. The number of aryl methyl sites for hydroxylation is 2. The molecular formula is C56H70N12O9. The maximum Gasteiger partial charge on any atom is 0.317 e. The van der Waals surface area contributed by atoms with Crippen molar-refractivity contribution >= 4 is 45.2 Å². The molecule has 21 nitrogen and oxygen atoms in total. The summed E-state index contributed by atoms with van der Waals surface area (Å²) in [5.74, 6) is 2.13. The molecule has 21 heteroatoms. The van der Waals surface area contributed by atoms with Crippen LogP contribution in [0.4, 0.5) is 0 Å². The molecule has 0 aliphatic heterocycles. The van der Waals surface area contributed by atoms with Crippen LogP contribution in [0, 0.1) is 13.8 Å². The summed E-state index contributed by atoms with van der Waals surface area (Å²) < 4.78 is 21.4. The first-order valence-corrected chi connectivity index (χ1v) is 25.4. The second-order valence-corrected chi connectivity index (χ2v) is 19.1. The van der Waals surface area contributed by atoms with Crippen molar-refractivity contribution in [2.24, 2.45) is 5.73 Å². The average Bonchev–Trinajstić information content (AvgIpc) is 4.27. The summed E-state index contributed by atoms with van der Waals surface area (Å²) in [6.07, 6.45) is 16.5. The highest BCUT2D eigenvalue weighted by Gasteiger charge is 2.21. The number of amides is 1. The number of imidazole rings is 2. The number of carbonyl (C=O) groups excluding carboxylic acids is 3. The molecule has 2 atom stereocenters. The van der Waals surface area contributed by atoms with E-state index < -0.39 is 5.97 Å². The van der Waals surface area contributed by atoms with E-state index in [0.29, 0.717) is 37.3 Å². The topological polar surface area (TPSA) is 287 Å². The van der Waals surface area contributed by atoms with Crippen molar-refractivity contribution in [3.8, 4) is 34.0 Å². The number of nitrogens with zero attached hydrogens (tertiary/aromatic N) is 8. The number of likely N-dealkylation sites (N-methyl/N-ethyl adjacent to an activating group) is 2. The molecule has 0 aliphatic rings. The van der Waals surface area contributed by atoms with Crippen LogP contribution in [0.1, 0.15) is 121 Å². The van der Waals surface area contributed by atoms with Crippen molar-refractivity contribution in [3.05, 3.63) is 121 Å². The molecule has 0 saturated heterocycles. The van der Waals surface area contributed by atoms with Gasteiger partial charge in [-0.3, -0.25) is 34.0 Å². The number of hydrogen-bond donors (Lipinski definition) is 5. The fourth-order valence-corrected chi connectivity index (χ4v) is 8.36. The number of carbonyl (C=O) groups is 4. The minimum Gasteiger partial charge on any atom is -0.496 e. The Morgan fingerprint density at radius 3 is 1.57 bits per heavy atom. The zero-order valence-electron chi connectivity index (χ0n) is 45.1. The van der Waals surface area contributed by atoms with Gasteiger partial charge in [0, 0.05) is 58.3 Å². The normalized spacial score (nSPS) is 11.9. The number of aromatic amines is 2. The third-order valence-electron chi connectivity index (χ3n) is 12.2. The van der Waals surface area contributed by atoms with Crippen LogP contribution in [0.25, 0.3) is 44.3 Å². The highest BCUT2D eigenvalue weighted by Crippen LogP contribution is 2.35. The van der Waals surface area contributed by atoms with Crippen molar-refractivity contribution in [2.45, 2.75) is 90.1 Å². The Hall–Kier alpha value is -8.14. The predicted molar refractivity (Wildman–Crippen MR) is 292 cm³/mol. The summed E-state index contributed by atoms with van der Waals surface area (Å²) in [5.41, 5.74) is 13.4. The molecule has 8 rings (SSSR count). The molecule has 0 radical (unpaired) electrons. The molecule has 0 bridgehead atoms. The number of oxazole rings is 2. The van der Waals surface area contributed by atoms with Crippen molar-refractivity contribution in [2.75, 3.05) is 55.5 Å². The van der Waals surface area contributed by atoms with E-state index in [1.807, 2.05) is 75.3 Å². The third kappa shape index (κ3) is 17.5. The van der Waals surface area contributed by atoms with Gasteiger partial charge in [-0.05, 0) is 92.0 Å². The number of hydrogen-bond acceptors (Lipinski definition) is 17. The molecule has 8 aromatic rings. The number of carboxylic acids is 1. The Balaban J connectivity index is 0.000000224. The maximum absolute atomic E-state index is 12.6. The number of methoxy groups -OCH3 is 2. The number of H-pyrrole nitrogens is 2. The Morgan fingerprint density at radius 2 is 1.13 bits per heavy atom. The molecule has 408 valence electrons. The van der Waals surface area contributed by atoms with Crippen molar-refractivity contribution in [3.63, 3.8) is 0 Å².